The van der Waals surface area contributed by atoms with Crippen LogP contribution in [0.3, 0.4) is 0 Å². The zero-order valence-corrected chi connectivity index (χ0v) is 23.4. The number of amides is 1. The molecule has 4 aromatic rings. The quantitative estimate of drug-likeness (QED) is 0.112. The van der Waals surface area contributed by atoms with Gasteiger partial charge in [-0.25, -0.2) is 4.98 Å². The van der Waals surface area contributed by atoms with Crippen molar-refractivity contribution in [3.05, 3.63) is 79.9 Å². The number of nitro benzene ring substituents is 1. The number of benzene rings is 3. The monoisotopic (exact) mass is 641 g/mol. The fourth-order valence-corrected chi connectivity index (χ4v) is 5.18. The average Bonchev–Trinajstić information content (AvgIpc) is 3.32. The van der Waals surface area contributed by atoms with Gasteiger partial charge in [-0.3, -0.25) is 20.2 Å². The van der Waals surface area contributed by atoms with Crippen LogP contribution < -0.4 is 15.5 Å². The van der Waals surface area contributed by atoms with Crippen LogP contribution in [0.1, 0.15) is 30.1 Å². The van der Waals surface area contributed by atoms with Crippen molar-refractivity contribution in [2.45, 2.75) is 19.8 Å². The molecule has 194 valence electrons. The molecular weight excluding hydrogens is 617 g/mol. The Hall–Kier alpha value is -3.58. The van der Waals surface area contributed by atoms with Gasteiger partial charge in [-0.1, -0.05) is 13.0 Å². The minimum atomic E-state index is -0.511. The number of aromatic nitrogens is 1. The van der Waals surface area contributed by atoms with Crippen LogP contribution in [-0.2, 0) is 0 Å². The molecule has 0 radical (unpaired) electrons. The molecular formula is C27H24IN5O4S. The van der Waals surface area contributed by atoms with E-state index in [1.807, 2.05) is 24.3 Å². The average molecular weight is 641 g/mol. The molecule has 5 rings (SSSR count). The van der Waals surface area contributed by atoms with Crippen molar-refractivity contribution < 1.29 is 14.1 Å². The number of carbonyl (C=O) groups excluding carboxylic acids is 1. The predicted molar refractivity (Wildman–Crippen MR) is 160 cm³/mol. The van der Waals surface area contributed by atoms with Crippen LogP contribution in [0, 0.1) is 19.6 Å². The highest BCUT2D eigenvalue weighted by molar-refractivity contribution is 14.1. The first-order valence-electron chi connectivity index (χ1n) is 12.1. The maximum atomic E-state index is 13.2. The molecule has 38 heavy (non-hydrogen) atoms. The molecule has 2 N–H and O–H groups in total. The van der Waals surface area contributed by atoms with Crippen LogP contribution in [0.4, 0.5) is 17.1 Å². The lowest BCUT2D eigenvalue weighted by Crippen LogP contribution is -2.37. The number of halogens is 1. The number of fused-ring (bicyclic) bond motifs is 1. The van der Waals surface area contributed by atoms with Gasteiger partial charge in [0.2, 0.25) is 5.89 Å². The lowest BCUT2D eigenvalue weighted by molar-refractivity contribution is -0.384. The van der Waals surface area contributed by atoms with Gasteiger partial charge in [0.15, 0.2) is 10.7 Å². The topological polar surface area (TPSA) is 114 Å². The van der Waals surface area contributed by atoms with Crippen LogP contribution in [-0.4, -0.2) is 34.0 Å². The van der Waals surface area contributed by atoms with Gasteiger partial charge in [-0.05, 0) is 96.0 Å². The SMILES string of the molecule is CC1CCN(c2ccc([N+](=O)[O-])cc2C(=O)NC(=S)Nc2ccc3oc(-c4cccc(I)c4)nc3c2)CC1. The number of piperidine rings is 1. The van der Waals surface area contributed by atoms with Gasteiger partial charge in [0.25, 0.3) is 11.6 Å². The third kappa shape index (κ3) is 5.78. The Bertz CT molecular complexity index is 1550. The summed E-state index contributed by atoms with van der Waals surface area (Å²) in [6.07, 6.45) is 1.99. The van der Waals surface area contributed by atoms with Crippen molar-refractivity contribution in [2.75, 3.05) is 23.3 Å². The highest BCUT2D eigenvalue weighted by atomic mass is 127. The second-order valence-corrected chi connectivity index (χ2v) is 10.9. The summed E-state index contributed by atoms with van der Waals surface area (Å²) in [4.78, 5) is 30.8. The maximum absolute atomic E-state index is 13.2. The minimum Gasteiger partial charge on any atom is -0.436 e. The number of thiocarbonyl (C=S) groups is 1. The molecule has 1 fully saturated rings. The minimum absolute atomic E-state index is 0.0698. The van der Waals surface area contributed by atoms with Crippen LogP contribution in [0.2, 0.25) is 0 Å². The maximum Gasteiger partial charge on any atom is 0.270 e. The molecule has 3 aromatic carbocycles. The lowest BCUT2D eigenvalue weighted by Gasteiger charge is -2.33. The summed E-state index contributed by atoms with van der Waals surface area (Å²) in [6, 6.07) is 17.6. The van der Waals surface area contributed by atoms with E-state index in [1.165, 1.54) is 12.1 Å². The fraction of sp³-hybridized carbons (Fsp3) is 0.222. The molecule has 1 aliphatic rings. The Morgan fingerprint density at radius 3 is 2.68 bits per heavy atom. The number of nitro groups is 1. The van der Waals surface area contributed by atoms with Gasteiger partial charge in [0, 0.05) is 40.0 Å². The summed E-state index contributed by atoms with van der Waals surface area (Å²) in [5.41, 5.74) is 3.48. The van der Waals surface area contributed by atoms with E-state index in [-0.39, 0.29) is 16.4 Å². The Labute approximate surface area is 237 Å². The highest BCUT2D eigenvalue weighted by Crippen LogP contribution is 2.30. The van der Waals surface area contributed by atoms with Crippen LogP contribution in [0.5, 0.6) is 0 Å². The first-order chi connectivity index (χ1) is 18.3. The van der Waals surface area contributed by atoms with Gasteiger partial charge in [-0.15, -0.1) is 0 Å². The first-order valence-corrected chi connectivity index (χ1v) is 13.6. The molecule has 1 aromatic heterocycles. The van der Waals surface area contributed by atoms with E-state index in [9.17, 15) is 14.9 Å². The zero-order valence-electron chi connectivity index (χ0n) is 20.4. The standard InChI is InChI=1S/C27H24IN5O4S/c1-16-9-11-32(12-10-16)23-7-6-20(33(35)36)15-21(23)25(34)31-27(38)29-19-5-8-24-22(14-19)30-26(37-24)17-3-2-4-18(28)13-17/h2-8,13-16H,9-12H2,1H3,(H2,29,31,34,38). The molecule has 1 saturated heterocycles. The van der Waals surface area contributed by atoms with Gasteiger partial charge >= 0.3 is 0 Å². The van der Waals surface area contributed by atoms with Crippen molar-refractivity contribution in [1.29, 1.82) is 0 Å². The highest BCUT2D eigenvalue weighted by Gasteiger charge is 2.24. The molecule has 2 heterocycles. The summed E-state index contributed by atoms with van der Waals surface area (Å²) >= 11 is 7.63. The molecule has 1 amide bonds. The molecule has 0 spiro atoms. The predicted octanol–water partition coefficient (Wildman–Crippen LogP) is 6.37. The Morgan fingerprint density at radius 1 is 1.16 bits per heavy atom. The number of nitrogens with one attached hydrogen (secondary N) is 2. The Kier molecular flexibility index (Phi) is 7.56. The van der Waals surface area contributed by atoms with Crippen LogP contribution in [0.25, 0.3) is 22.6 Å². The number of nitrogens with zero attached hydrogens (tertiary/aromatic N) is 3. The van der Waals surface area contributed by atoms with Crippen molar-refractivity contribution in [3.8, 4) is 11.5 Å². The third-order valence-electron chi connectivity index (χ3n) is 6.50. The van der Waals surface area contributed by atoms with Gasteiger partial charge in [0.05, 0.1) is 16.2 Å². The van der Waals surface area contributed by atoms with E-state index in [4.69, 9.17) is 16.6 Å². The number of non-ortho nitro benzene ring substituents is 1. The molecule has 0 saturated carbocycles. The molecule has 0 aliphatic carbocycles. The number of anilines is 2. The summed E-state index contributed by atoms with van der Waals surface area (Å²) in [5, 5.41) is 17.1. The molecule has 9 nitrogen and oxygen atoms in total. The van der Waals surface area contributed by atoms with Crippen molar-refractivity contribution in [1.82, 2.24) is 10.3 Å². The second-order valence-electron chi connectivity index (χ2n) is 9.25. The molecule has 0 atom stereocenters. The smallest absolute Gasteiger partial charge is 0.270 e. The van der Waals surface area contributed by atoms with Gasteiger partial charge in [0.1, 0.15) is 5.52 Å². The summed E-state index contributed by atoms with van der Waals surface area (Å²) in [6.45, 7) is 3.76. The Morgan fingerprint density at radius 2 is 1.95 bits per heavy atom. The van der Waals surface area contributed by atoms with Gasteiger partial charge < -0.3 is 14.6 Å². The van der Waals surface area contributed by atoms with E-state index in [0.717, 1.165) is 35.1 Å². The van der Waals surface area contributed by atoms with E-state index in [0.29, 0.717) is 34.3 Å². The first kappa shape index (κ1) is 26.0. The van der Waals surface area contributed by atoms with E-state index >= 15 is 0 Å². The van der Waals surface area contributed by atoms with E-state index in [1.54, 1.807) is 24.3 Å². The van der Waals surface area contributed by atoms with Gasteiger partial charge in [-0.2, -0.15) is 0 Å². The normalized spacial score (nSPS) is 13.9. The van der Waals surface area contributed by atoms with Crippen LogP contribution >= 0.6 is 34.8 Å². The molecule has 1 aliphatic heterocycles. The van der Waals surface area contributed by atoms with Crippen molar-refractivity contribution >= 4 is 74.0 Å². The summed E-state index contributed by atoms with van der Waals surface area (Å²) < 4.78 is 6.97. The number of hydrogen-bond donors (Lipinski definition) is 2. The summed E-state index contributed by atoms with van der Waals surface area (Å²) in [5.74, 6) is 0.605. The van der Waals surface area contributed by atoms with Crippen molar-refractivity contribution in [2.24, 2.45) is 5.92 Å². The van der Waals surface area contributed by atoms with E-state index in [2.05, 4.69) is 50.0 Å². The van der Waals surface area contributed by atoms with E-state index < -0.39 is 10.8 Å². The van der Waals surface area contributed by atoms with Crippen LogP contribution in [0.15, 0.2) is 65.1 Å². The third-order valence-corrected chi connectivity index (χ3v) is 7.38. The fourth-order valence-electron chi connectivity index (χ4n) is 4.43. The number of carbonyl (C=O) groups is 1. The summed E-state index contributed by atoms with van der Waals surface area (Å²) in [7, 11) is 0. The van der Waals surface area contributed by atoms with Crippen molar-refractivity contribution in [3.63, 3.8) is 0 Å². The Balaban J connectivity index is 1.33. The number of rotatable bonds is 5. The molecule has 0 unspecified atom stereocenters. The number of oxazole rings is 1. The largest absolute Gasteiger partial charge is 0.436 e. The molecule has 0 bridgehead atoms. The lowest BCUT2D eigenvalue weighted by atomic mass is 9.98. The number of hydrogen-bond acceptors (Lipinski definition) is 7. The zero-order chi connectivity index (χ0) is 26.8. The molecule has 11 heteroatoms. The second kappa shape index (κ2) is 11.0.